The van der Waals surface area contributed by atoms with Crippen molar-refractivity contribution >= 4 is 40.0 Å². The molecular weight excluding hydrogens is 347 g/mol. The van der Waals surface area contributed by atoms with Crippen LogP contribution in [0.2, 0.25) is 10.0 Å². The number of halogens is 2. The van der Waals surface area contributed by atoms with E-state index in [1.54, 1.807) is 24.4 Å². The van der Waals surface area contributed by atoms with Gasteiger partial charge >= 0.3 is 0 Å². The van der Waals surface area contributed by atoms with Crippen molar-refractivity contribution in [1.82, 2.24) is 10.3 Å². The monoisotopic (exact) mass is 362 g/mol. The van der Waals surface area contributed by atoms with Crippen LogP contribution >= 0.6 is 23.2 Å². The summed E-state index contributed by atoms with van der Waals surface area (Å²) in [6.45, 7) is -0.180. The number of amides is 1. The van der Waals surface area contributed by atoms with Crippen molar-refractivity contribution < 1.29 is 9.90 Å². The number of hydrogen-bond donors (Lipinski definition) is 3. The maximum Gasteiger partial charge on any atom is 0.253 e. The topological polar surface area (TPSA) is 65.1 Å². The first-order valence-corrected chi connectivity index (χ1v) is 8.26. The third kappa shape index (κ3) is 3.56. The first kappa shape index (κ1) is 16.8. The summed E-state index contributed by atoms with van der Waals surface area (Å²) in [5, 5.41) is 14.4. The van der Waals surface area contributed by atoms with Crippen LogP contribution in [0.1, 0.15) is 15.9 Å². The van der Waals surface area contributed by atoms with Gasteiger partial charge in [-0.15, -0.1) is 0 Å². The van der Waals surface area contributed by atoms with Crippen molar-refractivity contribution in [1.29, 1.82) is 0 Å². The Morgan fingerprint density at radius 2 is 2.00 bits per heavy atom. The van der Waals surface area contributed by atoms with Crippen LogP contribution in [-0.2, 0) is 6.42 Å². The van der Waals surface area contributed by atoms with Gasteiger partial charge in [0.2, 0.25) is 0 Å². The maximum atomic E-state index is 12.6. The minimum absolute atomic E-state index is 0.180. The number of rotatable bonds is 5. The molecule has 6 heteroatoms. The summed E-state index contributed by atoms with van der Waals surface area (Å²) < 4.78 is 0. The van der Waals surface area contributed by atoms with E-state index in [9.17, 15) is 9.90 Å². The van der Waals surface area contributed by atoms with Crippen LogP contribution in [0.3, 0.4) is 0 Å². The first-order valence-electron chi connectivity index (χ1n) is 7.50. The molecule has 0 bridgehead atoms. The molecule has 24 heavy (non-hydrogen) atoms. The SMILES string of the molecule is O=C(NC(CO)Cc1ccccc1Cl)c1c[nH]c2ccc(Cl)cc12. The summed E-state index contributed by atoms with van der Waals surface area (Å²) in [5.41, 5.74) is 2.20. The molecular formula is C18H16Cl2N2O2. The van der Waals surface area contributed by atoms with E-state index in [0.29, 0.717) is 22.0 Å². The molecule has 3 N–H and O–H groups in total. The van der Waals surface area contributed by atoms with E-state index >= 15 is 0 Å². The largest absolute Gasteiger partial charge is 0.394 e. The van der Waals surface area contributed by atoms with Gasteiger partial charge in [0.25, 0.3) is 5.91 Å². The van der Waals surface area contributed by atoms with Gasteiger partial charge in [-0.1, -0.05) is 41.4 Å². The Hall–Kier alpha value is -2.01. The van der Waals surface area contributed by atoms with Gasteiger partial charge in [-0.25, -0.2) is 0 Å². The lowest BCUT2D eigenvalue weighted by Gasteiger charge is -2.17. The number of hydrogen-bond acceptors (Lipinski definition) is 2. The quantitative estimate of drug-likeness (QED) is 0.646. The Morgan fingerprint density at radius 3 is 2.75 bits per heavy atom. The number of aliphatic hydroxyl groups excluding tert-OH is 1. The average molecular weight is 363 g/mol. The van der Waals surface area contributed by atoms with E-state index in [0.717, 1.165) is 16.5 Å². The smallest absolute Gasteiger partial charge is 0.253 e. The van der Waals surface area contributed by atoms with E-state index in [4.69, 9.17) is 23.2 Å². The molecule has 2 aromatic carbocycles. The number of benzene rings is 2. The number of H-pyrrole nitrogens is 1. The van der Waals surface area contributed by atoms with Gasteiger partial charge in [-0.05, 0) is 36.2 Å². The van der Waals surface area contributed by atoms with E-state index in [1.807, 2.05) is 24.3 Å². The van der Waals surface area contributed by atoms with Gasteiger partial charge in [-0.3, -0.25) is 4.79 Å². The third-order valence-corrected chi connectivity index (χ3v) is 4.47. The Bertz CT molecular complexity index is 876. The molecule has 0 aliphatic carbocycles. The standard InChI is InChI=1S/C18H16Cl2N2O2/c19-12-5-6-17-14(8-12)15(9-21-17)18(24)22-13(10-23)7-11-3-1-2-4-16(11)20/h1-6,8-9,13,21,23H,7,10H2,(H,22,24). The molecule has 1 amide bonds. The van der Waals surface area contributed by atoms with Gasteiger partial charge < -0.3 is 15.4 Å². The number of nitrogens with one attached hydrogen (secondary N) is 2. The summed E-state index contributed by atoms with van der Waals surface area (Å²) in [6.07, 6.45) is 2.09. The molecule has 1 aromatic heterocycles. The lowest BCUT2D eigenvalue weighted by Crippen LogP contribution is -2.39. The second-order valence-electron chi connectivity index (χ2n) is 5.54. The van der Waals surface area contributed by atoms with Gasteiger partial charge in [0.15, 0.2) is 0 Å². The Morgan fingerprint density at radius 1 is 1.21 bits per heavy atom. The fourth-order valence-electron chi connectivity index (χ4n) is 2.63. The molecule has 0 saturated heterocycles. The molecule has 0 spiro atoms. The molecule has 3 rings (SSSR count). The molecule has 1 unspecified atom stereocenters. The van der Waals surface area contributed by atoms with Crippen molar-refractivity contribution in [2.24, 2.45) is 0 Å². The molecule has 4 nitrogen and oxygen atoms in total. The zero-order valence-electron chi connectivity index (χ0n) is 12.7. The van der Waals surface area contributed by atoms with Crippen molar-refractivity contribution in [2.75, 3.05) is 6.61 Å². The number of carbonyl (C=O) groups excluding carboxylic acids is 1. The lowest BCUT2D eigenvalue weighted by atomic mass is 10.1. The third-order valence-electron chi connectivity index (χ3n) is 3.87. The molecule has 1 heterocycles. The summed E-state index contributed by atoms with van der Waals surface area (Å²) in [6, 6.07) is 12.3. The molecule has 124 valence electrons. The molecule has 0 saturated carbocycles. The fraction of sp³-hybridized carbons (Fsp3) is 0.167. The van der Waals surface area contributed by atoms with E-state index < -0.39 is 6.04 Å². The summed E-state index contributed by atoms with van der Waals surface area (Å²) in [7, 11) is 0. The second kappa shape index (κ2) is 7.26. The molecule has 1 atom stereocenters. The maximum absolute atomic E-state index is 12.6. The van der Waals surface area contributed by atoms with Crippen LogP contribution in [0.4, 0.5) is 0 Å². The van der Waals surface area contributed by atoms with Crippen molar-refractivity contribution in [2.45, 2.75) is 12.5 Å². The highest BCUT2D eigenvalue weighted by Crippen LogP contribution is 2.23. The van der Waals surface area contributed by atoms with Crippen LogP contribution in [-0.4, -0.2) is 28.6 Å². The van der Waals surface area contributed by atoms with E-state index in [-0.39, 0.29) is 12.5 Å². The highest BCUT2D eigenvalue weighted by Gasteiger charge is 2.17. The zero-order chi connectivity index (χ0) is 17.1. The first-order chi connectivity index (χ1) is 11.6. The van der Waals surface area contributed by atoms with E-state index in [1.165, 1.54) is 0 Å². The van der Waals surface area contributed by atoms with Crippen LogP contribution in [0.15, 0.2) is 48.7 Å². The van der Waals surface area contributed by atoms with Crippen molar-refractivity contribution in [3.8, 4) is 0 Å². The average Bonchev–Trinajstić information content (AvgIpc) is 2.99. The van der Waals surface area contributed by atoms with E-state index in [2.05, 4.69) is 10.3 Å². The van der Waals surface area contributed by atoms with Crippen LogP contribution < -0.4 is 5.32 Å². The molecule has 0 aliphatic heterocycles. The van der Waals surface area contributed by atoms with Crippen molar-refractivity contribution in [3.63, 3.8) is 0 Å². The number of fused-ring (bicyclic) bond motifs is 1. The predicted molar refractivity (Wildman–Crippen MR) is 96.8 cm³/mol. The van der Waals surface area contributed by atoms with Gasteiger partial charge in [0, 0.05) is 27.1 Å². The predicted octanol–water partition coefficient (Wildman–Crippen LogP) is 3.81. The lowest BCUT2D eigenvalue weighted by molar-refractivity contribution is 0.0918. The Balaban J connectivity index is 1.79. The minimum atomic E-state index is -0.429. The highest BCUT2D eigenvalue weighted by molar-refractivity contribution is 6.31. The van der Waals surface area contributed by atoms with Gasteiger partial charge in [-0.2, -0.15) is 0 Å². The van der Waals surface area contributed by atoms with Crippen LogP contribution in [0.5, 0.6) is 0 Å². The van der Waals surface area contributed by atoms with Crippen LogP contribution in [0, 0.1) is 0 Å². The van der Waals surface area contributed by atoms with Crippen LogP contribution in [0.25, 0.3) is 10.9 Å². The number of aliphatic hydroxyl groups is 1. The molecule has 0 aliphatic rings. The second-order valence-corrected chi connectivity index (χ2v) is 6.38. The fourth-order valence-corrected chi connectivity index (χ4v) is 3.02. The summed E-state index contributed by atoms with van der Waals surface area (Å²) in [5.74, 6) is -0.269. The molecule has 3 aromatic rings. The summed E-state index contributed by atoms with van der Waals surface area (Å²) >= 11 is 12.2. The summed E-state index contributed by atoms with van der Waals surface area (Å²) in [4.78, 5) is 15.6. The Kier molecular flexibility index (Phi) is 5.09. The zero-order valence-corrected chi connectivity index (χ0v) is 14.2. The molecule has 0 radical (unpaired) electrons. The molecule has 0 fully saturated rings. The Labute approximate surface area is 149 Å². The van der Waals surface area contributed by atoms with Crippen molar-refractivity contribution in [3.05, 3.63) is 69.8 Å². The van der Waals surface area contributed by atoms with Gasteiger partial charge in [0.05, 0.1) is 18.2 Å². The normalized spacial score (nSPS) is 12.3. The number of carbonyl (C=O) groups is 1. The van der Waals surface area contributed by atoms with Gasteiger partial charge in [0.1, 0.15) is 0 Å². The minimum Gasteiger partial charge on any atom is -0.394 e. The highest BCUT2D eigenvalue weighted by atomic mass is 35.5. The number of aromatic nitrogens is 1. The number of aromatic amines is 1.